The number of allylic oxidation sites excluding steroid dienone is 1. The van der Waals surface area contributed by atoms with Crippen LogP contribution in [0.4, 0.5) is 4.39 Å². The first-order valence-corrected chi connectivity index (χ1v) is 9.22. The van der Waals surface area contributed by atoms with Crippen molar-refractivity contribution in [2.45, 2.75) is 31.8 Å². The van der Waals surface area contributed by atoms with E-state index in [-0.39, 0.29) is 17.3 Å². The molecular formula is C23H24FN3O. The third-order valence-corrected chi connectivity index (χ3v) is 4.90. The molecule has 1 aliphatic rings. The Morgan fingerprint density at radius 1 is 1.21 bits per heavy atom. The fourth-order valence-corrected chi connectivity index (χ4v) is 2.81. The summed E-state index contributed by atoms with van der Waals surface area (Å²) in [6.07, 6.45) is 7.02. The van der Waals surface area contributed by atoms with Gasteiger partial charge in [-0.25, -0.2) is 4.39 Å². The minimum Gasteiger partial charge on any atom is -0.386 e. The van der Waals surface area contributed by atoms with E-state index in [2.05, 4.69) is 24.1 Å². The number of nitrogens with one attached hydrogen (secondary N) is 3. The molecule has 1 saturated carbocycles. The summed E-state index contributed by atoms with van der Waals surface area (Å²) < 4.78 is 13.2. The maximum atomic E-state index is 13.2. The van der Waals surface area contributed by atoms with Crippen molar-refractivity contribution in [2.75, 3.05) is 0 Å². The summed E-state index contributed by atoms with van der Waals surface area (Å²) >= 11 is 0. The van der Waals surface area contributed by atoms with Gasteiger partial charge in [0.05, 0.1) is 5.71 Å². The largest absolute Gasteiger partial charge is 0.386 e. The van der Waals surface area contributed by atoms with E-state index in [0.717, 1.165) is 29.5 Å². The van der Waals surface area contributed by atoms with Crippen molar-refractivity contribution in [2.24, 2.45) is 0 Å². The molecule has 0 saturated heterocycles. The van der Waals surface area contributed by atoms with Crippen molar-refractivity contribution < 1.29 is 9.18 Å². The SMILES string of the molecule is C=CC(=O)NCc1ccc(-c2ccc(F)cc2)cc1C(=N)/C=C\NC1(C)CC1. The first kappa shape index (κ1) is 19.5. The molecule has 0 aromatic heterocycles. The Kier molecular flexibility index (Phi) is 5.73. The number of hydrogen-bond acceptors (Lipinski definition) is 3. The van der Waals surface area contributed by atoms with Crippen molar-refractivity contribution in [1.29, 1.82) is 5.41 Å². The van der Waals surface area contributed by atoms with Crippen LogP contribution in [0, 0.1) is 11.2 Å². The zero-order chi connectivity index (χ0) is 20.1. The van der Waals surface area contributed by atoms with Crippen LogP contribution in [0.2, 0.25) is 0 Å². The summed E-state index contributed by atoms with van der Waals surface area (Å²) in [7, 11) is 0. The quantitative estimate of drug-likeness (QED) is 0.474. The van der Waals surface area contributed by atoms with Crippen molar-refractivity contribution in [3.8, 4) is 11.1 Å². The lowest BCUT2D eigenvalue weighted by Gasteiger charge is -2.13. The molecular weight excluding hydrogens is 353 g/mol. The molecule has 0 unspecified atom stereocenters. The summed E-state index contributed by atoms with van der Waals surface area (Å²) in [4.78, 5) is 11.5. The number of carbonyl (C=O) groups excluding carboxylic acids is 1. The van der Waals surface area contributed by atoms with Gasteiger partial charge in [0.15, 0.2) is 0 Å². The number of carbonyl (C=O) groups is 1. The molecule has 4 nitrogen and oxygen atoms in total. The zero-order valence-electron chi connectivity index (χ0n) is 15.9. The number of benzene rings is 2. The van der Waals surface area contributed by atoms with Crippen LogP contribution in [0.25, 0.3) is 11.1 Å². The minimum absolute atomic E-state index is 0.146. The molecule has 0 aliphatic heterocycles. The Balaban J connectivity index is 1.87. The summed E-state index contributed by atoms with van der Waals surface area (Å²) in [5.74, 6) is -0.554. The molecule has 0 spiro atoms. The second kappa shape index (κ2) is 8.21. The fraction of sp³-hybridized carbons (Fsp3) is 0.217. The summed E-state index contributed by atoms with van der Waals surface area (Å²) in [6.45, 7) is 5.90. The van der Waals surface area contributed by atoms with Gasteiger partial charge < -0.3 is 16.0 Å². The van der Waals surface area contributed by atoms with Crippen LogP contribution in [0.5, 0.6) is 0 Å². The molecule has 1 fully saturated rings. The van der Waals surface area contributed by atoms with E-state index >= 15 is 0 Å². The number of amides is 1. The van der Waals surface area contributed by atoms with Crippen LogP contribution in [0.3, 0.4) is 0 Å². The summed E-state index contributed by atoms with van der Waals surface area (Å²) in [5.41, 5.74) is 3.77. The van der Waals surface area contributed by atoms with Crippen LogP contribution in [-0.2, 0) is 11.3 Å². The maximum absolute atomic E-state index is 13.2. The highest BCUT2D eigenvalue weighted by atomic mass is 19.1. The van der Waals surface area contributed by atoms with Gasteiger partial charge in [-0.05, 0) is 73.0 Å². The first-order chi connectivity index (χ1) is 13.4. The molecule has 5 heteroatoms. The lowest BCUT2D eigenvalue weighted by Crippen LogP contribution is -2.22. The summed E-state index contributed by atoms with van der Waals surface area (Å²) in [6, 6.07) is 11.9. The van der Waals surface area contributed by atoms with Gasteiger partial charge in [0.25, 0.3) is 0 Å². The number of halogens is 1. The standard InChI is InChI=1S/C23H24FN3O/c1-3-22(28)26-15-18-5-4-17(16-6-8-19(24)9-7-16)14-20(18)21(25)10-13-27-23(2)11-12-23/h3-10,13-14,25,27H,1,11-12,15H2,2H3,(H,26,28)/b13-10-,25-21?. The first-order valence-electron chi connectivity index (χ1n) is 9.22. The normalized spacial score (nSPS) is 14.5. The van der Waals surface area contributed by atoms with Crippen molar-refractivity contribution in [3.63, 3.8) is 0 Å². The third-order valence-electron chi connectivity index (χ3n) is 4.90. The Hall–Kier alpha value is -3.21. The predicted octanol–water partition coefficient (Wildman–Crippen LogP) is 4.32. The highest BCUT2D eigenvalue weighted by Gasteiger charge is 2.35. The van der Waals surface area contributed by atoms with Gasteiger partial charge >= 0.3 is 0 Å². The highest BCUT2D eigenvalue weighted by molar-refractivity contribution is 6.08. The zero-order valence-corrected chi connectivity index (χ0v) is 15.9. The van der Waals surface area contributed by atoms with Crippen molar-refractivity contribution in [1.82, 2.24) is 10.6 Å². The van der Waals surface area contributed by atoms with Crippen LogP contribution in [0.1, 0.15) is 30.9 Å². The van der Waals surface area contributed by atoms with Gasteiger partial charge in [0.1, 0.15) is 5.82 Å². The van der Waals surface area contributed by atoms with Crippen LogP contribution in [-0.4, -0.2) is 17.2 Å². The number of rotatable bonds is 8. The van der Waals surface area contributed by atoms with E-state index in [0.29, 0.717) is 17.8 Å². The van der Waals surface area contributed by atoms with Gasteiger partial charge in [-0.15, -0.1) is 0 Å². The second-order valence-corrected chi connectivity index (χ2v) is 7.25. The smallest absolute Gasteiger partial charge is 0.243 e. The predicted molar refractivity (Wildman–Crippen MR) is 111 cm³/mol. The molecule has 0 radical (unpaired) electrons. The Bertz CT molecular complexity index is 927. The van der Waals surface area contributed by atoms with Gasteiger partial charge in [-0.2, -0.15) is 0 Å². The average Bonchev–Trinajstić information content (AvgIpc) is 3.43. The molecule has 2 aromatic carbocycles. The van der Waals surface area contributed by atoms with Crippen LogP contribution >= 0.6 is 0 Å². The van der Waals surface area contributed by atoms with Gasteiger partial charge in [-0.3, -0.25) is 4.79 Å². The van der Waals surface area contributed by atoms with E-state index in [1.165, 1.54) is 18.2 Å². The minimum atomic E-state index is -0.289. The molecule has 0 bridgehead atoms. The molecule has 28 heavy (non-hydrogen) atoms. The topological polar surface area (TPSA) is 65.0 Å². The molecule has 3 N–H and O–H groups in total. The molecule has 2 aromatic rings. The van der Waals surface area contributed by atoms with Crippen molar-refractivity contribution in [3.05, 3.63) is 84.3 Å². The van der Waals surface area contributed by atoms with Gasteiger partial charge in [0.2, 0.25) is 5.91 Å². The number of hydrogen-bond donors (Lipinski definition) is 3. The average molecular weight is 377 g/mol. The van der Waals surface area contributed by atoms with Crippen LogP contribution < -0.4 is 10.6 Å². The third kappa shape index (κ3) is 4.94. The second-order valence-electron chi connectivity index (χ2n) is 7.25. The molecule has 1 aliphatic carbocycles. The monoisotopic (exact) mass is 377 g/mol. The summed E-state index contributed by atoms with van der Waals surface area (Å²) in [5, 5.41) is 14.6. The fourth-order valence-electron chi connectivity index (χ4n) is 2.81. The van der Waals surface area contributed by atoms with E-state index in [4.69, 9.17) is 5.41 Å². The maximum Gasteiger partial charge on any atom is 0.243 e. The highest BCUT2D eigenvalue weighted by Crippen LogP contribution is 2.34. The molecule has 0 heterocycles. The van der Waals surface area contributed by atoms with E-state index < -0.39 is 0 Å². The Morgan fingerprint density at radius 3 is 2.54 bits per heavy atom. The van der Waals surface area contributed by atoms with E-state index in [1.54, 1.807) is 18.2 Å². The lowest BCUT2D eigenvalue weighted by atomic mass is 9.96. The van der Waals surface area contributed by atoms with E-state index in [1.807, 2.05) is 24.4 Å². The van der Waals surface area contributed by atoms with Crippen molar-refractivity contribution >= 4 is 11.6 Å². The Morgan fingerprint density at radius 2 is 1.89 bits per heavy atom. The van der Waals surface area contributed by atoms with Gasteiger partial charge in [0, 0.05) is 17.6 Å². The van der Waals surface area contributed by atoms with E-state index in [9.17, 15) is 9.18 Å². The van der Waals surface area contributed by atoms with Gasteiger partial charge in [-0.1, -0.05) is 30.8 Å². The Labute approximate surface area is 164 Å². The molecule has 0 atom stereocenters. The molecule has 144 valence electrons. The molecule has 1 amide bonds. The lowest BCUT2D eigenvalue weighted by molar-refractivity contribution is -0.116. The van der Waals surface area contributed by atoms with Crippen LogP contribution in [0.15, 0.2) is 67.4 Å². The molecule has 3 rings (SSSR count).